The van der Waals surface area contributed by atoms with Crippen molar-refractivity contribution in [1.82, 2.24) is 4.98 Å². The van der Waals surface area contributed by atoms with E-state index in [2.05, 4.69) is 4.98 Å². The average Bonchev–Trinajstić information content (AvgIpc) is 2.47. The first kappa shape index (κ1) is 13.8. The molecule has 0 aliphatic carbocycles. The van der Waals surface area contributed by atoms with E-state index < -0.39 is 4.92 Å². The van der Waals surface area contributed by atoms with Crippen LogP contribution in [0, 0.1) is 10.1 Å². The van der Waals surface area contributed by atoms with E-state index in [9.17, 15) is 10.1 Å². The molecule has 1 heterocycles. The van der Waals surface area contributed by atoms with Crippen molar-refractivity contribution >= 4 is 5.69 Å². The smallest absolute Gasteiger partial charge is 0.311 e. The van der Waals surface area contributed by atoms with E-state index in [0.29, 0.717) is 18.0 Å². The molecular weight excluding hydrogens is 262 g/mol. The summed E-state index contributed by atoms with van der Waals surface area (Å²) < 4.78 is 10.6. The van der Waals surface area contributed by atoms with Gasteiger partial charge in [0.05, 0.1) is 18.2 Å². The van der Waals surface area contributed by atoms with Gasteiger partial charge in [0.25, 0.3) is 0 Å². The van der Waals surface area contributed by atoms with E-state index in [1.54, 1.807) is 12.3 Å². The van der Waals surface area contributed by atoms with E-state index in [4.69, 9.17) is 15.2 Å². The molecule has 2 aromatic rings. The van der Waals surface area contributed by atoms with Gasteiger partial charge in [-0.25, -0.2) is 0 Å². The standard InChI is InChI=1S/C13H13N3O4/c1-19-10-2-3-12(16(17)18)13(5-10)20-11-4-9(6-14)7-15-8-11/h2-5,7-8H,6,14H2,1H3. The fourth-order valence-electron chi connectivity index (χ4n) is 1.61. The van der Waals surface area contributed by atoms with Gasteiger partial charge < -0.3 is 15.2 Å². The predicted molar refractivity (Wildman–Crippen MR) is 71.9 cm³/mol. The summed E-state index contributed by atoms with van der Waals surface area (Å²) in [6.07, 6.45) is 3.06. The third-order valence-corrected chi connectivity index (χ3v) is 2.60. The zero-order chi connectivity index (χ0) is 14.5. The van der Waals surface area contributed by atoms with Gasteiger partial charge in [0.15, 0.2) is 0 Å². The van der Waals surface area contributed by atoms with E-state index in [1.807, 2.05) is 0 Å². The number of benzene rings is 1. The van der Waals surface area contributed by atoms with Gasteiger partial charge >= 0.3 is 5.69 Å². The maximum Gasteiger partial charge on any atom is 0.311 e. The van der Waals surface area contributed by atoms with Gasteiger partial charge in [-0.15, -0.1) is 0 Å². The number of aromatic nitrogens is 1. The van der Waals surface area contributed by atoms with Crippen LogP contribution in [0.2, 0.25) is 0 Å². The Balaban J connectivity index is 2.37. The van der Waals surface area contributed by atoms with Crippen molar-refractivity contribution in [1.29, 1.82) is 0 Å². The molecule has 0 amide bonds. The van der Waals surface area contributed by atoms with Gasteiger partial charge in [-0.1, -0.05) is 0 Å². The van der Waals surface area contributed by atoms with E-state index in [1.165, 1.54) is 31.5 Å². The van der Waals surface area contributed by atoms with Crippen LogP contribution in [0.4, 0.5) is 5.69 Å². The number of nitro groups is 1. The molecule has 0 aliphatic heterocycles. The number of methoxy groups -OCH3 is 1. The summed E-state index contributed by atoms with van der Waals surface area (Å²) in [4.78, 5) is 14.4. The van der Waals surface area contributed by atoms with E-state index >= 15 is 0 Å². The van der Waals surface area contributed by atoms with Crippen molar-refractivity contribution in [2.24, 2.45) is 5.73 Å². The second-order valence-electron chi connectivity index (χ2n) is 3.93. The molecule has 0 spiro atoms. The first-order chi connectivity index (χ1) is 9.63. The molecule has 0 unspecified atom stereocenters. The van der Waals surface area contributed by atoms with Gasteiger partial charge in [-0.2, -0.15) is 0 Å². The molecule has 1 aromatic heterocycles. The van der Waals surface area contributed by atoms with Gasteiger partial charge in [-0.3, -0.25) is 15.1 Å². The Bertz CT molecular complexity index is 631. The Hall–Kier alpha value is -2.67. The minimum absolute atomic E-state index is 0.0883. The van der Waals surface area contributed by atoms with Gasteiger partial charge in [0.2, 0.25) is 5.75 Å². The van der Waals surface area contributed by atoms with Crippen LogP contribution < -0.4 is 15.2 Å². The molecule has 2 rings (SSSR count). The molecule has 0 fully saturated rings. The molecule has 7 heteroatoms. The van der Waals surface area contributed by atoms with Crippen molar-refractivity contribution in [3.63, 3.8) is 0 Å². The SMILES string of the molecule is COc1ccc([N+](=O)[O-])c(Oc2cncc(CN)c2)c1. The summed E-state index contributed by atoms with van der Waals surface area (Å²) in [5.74, 6) is 0.933. The number of rotatable bonds is 5. The maximum absolute atomic E-state index is 11.0. The highest BCUT2D eigenvalue weighted by atomic mass is 16.6. The Labute approximate surface area is 115 Å². The summed E-state index contributed by atoms with van der Waals surface area (Å²) in [6.45, 7) is 0.310. The zero-order valence-corrected chi connectivity index (χ0v) is 10.8. The highest BCUT2D eigenvalue weighted by Gasteiger charge is 2.17. The third-order valence-electron chi connectivity index (χ3n) is 2.60. The normalized spacial score (nSPS) is 10.1. The topological polar surface area (TPSA) is 101 Å². The summed E-state index contributed by atoms with van der Waals surface area (Å²) in [6, 6.07) is 5.96. The molecule has 0 saturated heterocycles. The molecule has 0 bridgehead atoms. The van der Waals surface area contributed by atoms with Crippen LogP contribution in [-0.4, -0.2) is 17.0 Å². The lowest BCUT2D eigenvalue weighted by atomic mass is 10.2. The molecule has 1 aromatic carbocycles. The lowest BCUT2D eigenvalue weighted by molar-refractivity contribution is -0.385. The quantitative estimate of drug-likeness (QED) is 0.663. The maximum atomic E-state index is 11.0. The lowest BCUT2D eigenvalue weighted by Gasteiger charge is -2.08. The van der Waals surface area contributed by atoms with Crippen molar-refractivity contribution < 1.29 is 14.4 Å². The van der Waals surface area contributed by atoms with Crippen molar-refractivity contribution in [3.8, 4) is 17.2 Å². The van der Waals surface area contributed by atoms with Gasteiger partial charge in [0.1, 0.15) is 11.5 Å². The average molecular weight is 275 g/mol. The van der Waals surface area contributed by atoms with Crippen LogP contribution in [-0.2, 0) is 6.54 Å². The predicted octanol–water partition coefficient (Wildman–Crippen LogP) is 2.25. The Morgan fingerprint density at radius 1 is 1.30 bits per heavy atom. The third kappa shape index (κ3) is 3.01. The number of ether oxygens (including phenoxy) is 2. The fraction of sp³-hybridized carbons (Fsp3) is 0.154. The first-order valence-electron chi connectivity index (χ1n) is 5.78. The minimum Gasteiger partial charge on any atom is -0.497 e. The second kappa shape index (κ2) is 5.98. The fourth-order valence-corrected chi connectivity index (χ4v) is 1.61. The highest BCUT2D eigenvalue weighted by Crippen LogP contribution is 2.34. The molecule has 2 N–H and O–H groups in total. The molecule has 0 saturated carbocycles. The number of nitrogens with zero attached hydrogens (tertiary/aromatic N) is 2. The molecule has 0 aliphatic rings. The van der Waals surface area contributed by atoms with E-state index in [-0.39, 0.29) is 11.4 Å². The Morgan fingerprint density at radius 2 is 2.10 bits per heavy atom. The largest absolute Gasteiger partial charge is 0.497 e. The van der Waals surface area contributed by atoms with Gasteiger partial charge in [0, 0.05) is 24.9 Å². The van der Waals surface area contributed by atoms with Crippen LogP contribution in [0.5, 0.6) is 17.2 Å². The minimum atomic E-state index is -0.519. The summed E-state index contributed by atoms with van der Waals surface area (Å²) in [7, 11) is 1.47. The molecule has 20 heavy (non-hydrogen) atoms. The van der Waals surface area contributed by atoms with Crippen molar-refractivity contribution in [2.75, 3.05) is 7.11 Å². The van der Waals surface area contributed by atoms with Crippen molar-refractivity contribution in [3.05, 3.63) is 52.3 Å². The molecule has 7 nitrogen and oxygen atoms in total. The first-order valence-corrected chi connectivity index (χ1v) is 5.78. The Morgan fingerprint density at radius 3 is 2.75 bits per heavy atom. The van der Waals surface area contributed by atoms with E-state index in [0.717, 1.165) is 5.56 Å². The van der Waals surface area contributed by atoms with Gasteiger partial charge in [-0.05, 0) is 17.7 Å². The van der Waals surface area contributed by atoms with Crippen LogP contribution in [0.1, 0.15) is 5.56 Å². The Kier molecular flexibility index (Phi) is 4.11. The number of nitrogens with two attached hydrogens (primary N) is 1. The molecular formula is C13H13N3O4. The molecule has 0 radical (unpaired) electrons. The molecule has 104 valence electrons. The second-order valence-corrected chi connectivity index (χ2v) is 3.93. The number of hydrogen-bond acceptors (Lipinski definition) is 6. The van der Waals surface area contributed by atoms with Crippen molar-refractivity contribution in [2.45, 2.75) is 6.54 Å². The monoisotopic (exact) mass is 275 g/mol. The summed E-state index contributed by atoms with van der Waals surface area (Å²) >= 11 is 0. The van der Waals surface area contributed by atoms with Crippen LogP contribution >= 0.6 is 0 Å². The number of nitro benzene ring substituents is 1. The summed E-state index contributed by atoms with van der Waals surface area (Å²) in [5.41, 5.74) is 6.13. The highest BCUT2D eigenvalue weighted by molar-refractivity contribution is 5.52. The van der Waals surface area contributed by atoms with Crippen LogP contribution in [0.25, 0.3) is 0 Å². The molecule has 0 atom stereocenters. The number of pyridine rings is 1. The lowest BCUT2D eigenvalue weighted by Crippen LogP contribution is -1.98. The zero-order valence-electron chi connectivity index (χ0n) is 10.8. The number of hydrogen-bond donors (Lipinski definition) is 1. The van der Waals surface area contributed by atoms with Crippen LogP contribution in [0.3, 0.4) is 0 Å². The summed E-state index contributed by atoms with van der Waals surface area (Å²) in [5, 5.41) is 11.0. The van der Waals surface area contributed by atoms with Crippen LogP contribution in [0.15, 0.2) is 36.7 Å².